The zero-order valence-electron chi connectivity index (χ0n) is 13.9. The molecule has 3 rings (SSSR count). The second-order valence-corrected chi connectivity index (χ2v) is 8.15. The molecule has 1 N–H and O–H groups in total. The number of amides is 1. The molecule has 0 bridgehead atoms. The van der Waals surface area contributed by atoms with Crippen molar-refractivity contribution in [1.82, 2.24) is 9.36 Å². The van der Waals surface area contributed by atoms with Gasteiger partial charge in [0.1, 0.15) is 5.69 Å². The Hall–Kier alpha value is -1.64. The fraction of sp³-hybridized carbons (Fsp3) is 0.111. The number of carbonyl (C=O) groups is 1. The van der Waals surface area contributed by atoms with Gasteiger partial charge in [-0.15, -0.1) is 0 Å². The highest BCUT2D eigenvalue weighted by Crippen LogP contribution is 2.32. The number of rotatable bonds is 3. The topological polar surface area (TPSA) is 56.0 Å². The van der Waals surface area contributed by atoms with Crippen molar-refractivity contribution in [2.75, 3.05) is 5.32 Å². The summed E-state index contributed by atoms with van der Waals surface area (Å²) in [5, 5.41) is 2.75. The summed E-state index contributed by atoms with van der Waals surface area (Å²) in [6, 6.07) is 12.7. The van der Waals surface area contributed by atoms with E-state index < -0.39 is 0 Å². The van der Waals surface area contributed by atoms with Gasteiger partial charge in [-0.1, -0.05) is 18.2 Å². The number of para-hydroxylation sites is 1. The zero-order chi connectivity index (χ0) is 19.0. The van der Waals surface area contributed by atoms with Crippen LogP contribution in [0.4, 0.5) is 5.69 Å². The molecule has 134 valence electrons. The first-order chi connectivity index (χ1) is 12.3. The van der Waals surface area contributed by atoms with E-state index in [4.69, 9.17) is 0 Å². The minimum absolute atomic E-state index is 0.261. The Labute approximate surface area is 175 Å². The molecule has 0 saturated heterocycles. The number of aromatic nitrogens is 2. The molecule has 0 aliphatic carbocycles. The molecular formula is C18H14Br3N3O2. The van der Waals surface area contributed by atoms with Gasteiger partial charge in [-0.3, -0.25) is 14.3 Å². The van der Waals surface area contributed by atoms with Crippen molar-refractivity contribution in [1.29, 1.82) is 0 Å². The van der Waals surface area contributed by atoms with Crippen molar-refractivity contribution in [2.24, 2.45) is 7.05 Å². The minimum Gasteiger partial charge on any atom is -0.316 e. The summed E-state index contributed by atoms with van der Waals surface area (Å²) in [5.41, 5.74) is 1.82. The van der Waals surface area contributed by atoms with Crippen LogP contribution < -0.4 is 10.9 Å². The second kappa shape index (κ2) is 7.54. The number of hydrogen-bond acceptors (Lipinski definition) is 2. The molecule has 0 spiro atoms. The maximum absolute atomic E-state index is 12.9. The van der Waals surface area contributed by atoms with E-state index in [0.717, 1.165) is 19.1 Å². The standard InChI is InChI=1S/C18H14Br3N3O2/c1-10-16(18(26)24(23(10)2)12-6-4-3-5-7-12)22-17(25)11-8-13(19)15(21)14(20)9-11/h3-9H,1-2H3,(H,22,25). The average molecular weight is 544 g/mol. The van der Waals surface area contributed by atoms with Crippen LogP contribution in [0.5, 0.6) is 0 Å². The molecule has 0 atom stereocenters. The molecule has 3 aromatic rings. The van der Waals surface area contributed by atoms with Crippen molar-refractivity contribution < 1.29 is 4.79 Å². The van der Waals surface area contributed by atoms with Crippen molar-refractivity contribution in [3.63, 3.8) is 0 Å². The predicted molar refractivity (Wildman–Crippen MR) is 113 cm³/mol. The third-order valence-electron chi connectivity index (χ3n) is 4.04. The maximum atomic E-state index is 12.9. The lowest BCUT2D eigenvalue weighted by Crippen LogP contribution is -2.23. The van der Waals surface area contributed by atoms with Gasteiger partial charge in [0.05, 0.1) is 11.4 Å². The lowest BCUT2D eigenvalue weighted by Gasteiger charge is -2.07. The first-order valence-electron chi connectivity index (χ1n) is 7.61. The van der Waals surface area contributed by atoms with Crippen LogP contribution in [0.1, 0.15) is 16.1 Å². The smallest absolute Gasteiger partial charge is 0.295 e. The average Bonchev–Trinajstić information content (AvgIpc) is 2.83. The van der Waals surface area contributed by atoms with Gasteiger partial charge in [0.2, 0.25) is 0 Å². The van der Waals surface area contributed by atoms with Crippen molar-refractivity contribution in [3.8, 4) is 5.69 Å². The number of halogens is 3. The summed E-state index contributed by atoms with van der Waals surface area (Å²) < 4.78 is 5.54. The highest BCUT2D eigenvalue weighted by Gasteiger charge is 2.19. The molecule has 0 aliphatic rings. The third-order valence-corrected chi connectivity index (χ3v) is 7.21. The van der Waals surface area contributed by atoms with Crippen LogP contribution in [-0.2, 0) is 7.05 Å². The van der Waals surface area contributed by atoms with Crippen molar-refractivity contribution >= 4 is 59.4 Å². The monoisotopic (exact) mass is 541 g/mol. The molecular weight excluding hydrogens is 530 g/mol. The van der Waals surface area contributed by atoms with E-state index in [1.54, 1.807) is 30.8 Å². The Morgan fingerprint density at radius 3 is 2.19 bits per heavy atom. The highest BCUT2D eigenvalue weighted by atomic mass is 79.9. The molecule has 0 saturated carbocycles. The summed E-state index contributed by atoms with van der Waals surface area (Å²) in [6.45, 7) is 1.80. The van der Waals surface area contributed by atoms with Gasteiger partial charge < -0.3 is 5.32 Å². The maximum Gasteiger partial charge on any atom is 0.295 e. The van der Waals surface area contributed by atoms with Gasteiger partial charge in [0, 0.05) is 26.0 Å². The lowest BCUT2D eigenvalue weighted by molar-refractivity contribution is 0.102. The quantitative estimate of drug-likeness (QED) is 0.471. The molecule has 0 unspecified atom stereocenters. The van der Waals surface area contributed by atoms with E-state index in [2.05, 4.69) is 53.1 Å². The van der Waals surface area contributed by atoms with Crippen molar-refractivity contribution in [2.45, 2.75) is 6.92 Å². The zero-order valence-corrected chi connectivity index (χ0v) is 18.6. The third kappa shape index (κ3) is 3.45. The summed E-state index contributed by atoms with van der Waals surface area (Å²) in [7, 11) is 1.78. The fourth-order valence-corrected chi connectivity index (χ4v) is 4.00. The van der Waals surface area contributed by atoms with Gasteiger partial charge in [-0.25, -0.2) is 4.68 Å². The largest absolute Gasteiger partial charge is 0.316 e. The van der Waals surface area contributed by atoms with Crippen LogP contribution in [0, 0.1) is 6.92 Å². The van der Waals surface area contributed by atoms with Crippen LogP contribution in [0.3, 0.4) is 0 Å². The second-order valence-electron chi connectivity index (χ2n) is 5.64. The molecule has 0 radical (unpaired) electrons. The van der Waals surface area contributed by atoms with Crippen molar-refractivity contribution in [3.05, 3.63) is 77.5 Å². The van der Waals surface area contributed by atoms with Gasteiger partial charge in [-0.05, 0) is 79.0 Å². The fourth-order valence-electron chi connectivity index (χ4n) is 2.58. The summed E-state index contributed by atoms with van der Waals surface area (Å²) >= 11 is 10.2. The van der Waals surface area contributed by atoms with Crippen LogP contribution in [-0.4, -0.2) is 15.3 Å². The minimum atomic E-state index is -0.357. The molecule has 1 aromatic heterocycles. The van der Waals surface area contributed by atoms with E-state index in [0.29, 0.717) is 11.3 Å². The number of benzene rings is 2. The molecule has 8 heteroatoms. The molecule has 0 aliphatic heterocycles. The molecule has 2 aromatic carbocycles. The molecule has 5 nitrogen and oxygen atoms in total. The summed E-state index contributed by atoms with van der Waals surface area (Å²) in [6.07, 6.45) is 0. The number of hydrogen-bond donors (Lipinski definition) is 1. The first-order valence-corrected chi connectivity index (χ1v) is 9.99. The number of nitrogens with one attached hydrogen (secondary N) is 1. The first kappa shape index (κ1) is 19.1. The Kier molecular flexibility index (Phi) is 5.55. The normalized spacial score (nSPS) is 10.8. The molecule has 26 heavy (non-hydrogen) atoms. The van der Waals surface area contributed by atoms with Crippen LogP contribution in [0.15, 0.2) is 60.7 Å². The van der Waals surface area contributed by atoms with Gasteiger partial charge >= 0.3 is 0 Å². The number of nitrogens with zero attached hydrogens (tertiary/aromatic N) is 2. The number of carbonyl (C=O) groups excluding carboxylic acids is 1. The molecule has 0 fully saturated rings. The molecule has 1 heterocycles. The van der Waals surface area contributed by atoms with E-state index in [9.17, 15) is 9.59 Å². The van der Waals surface area contributed by atoms with Crippen LogP contribution >= 0.6 is 47.8 Å². The predicted octanol–water partition coefficient (Wildman–Crippen LogP) is 5.02. The Bertz CT molecular complexity index is 1030. The Balaban J connectivity index is 2.01. The van der Waals surface area contributed by atoms with Gasteiger partial charge in [-0.2, -0.15) is 0 Å². The SMILES string of the molecule is Cc1c(NC(=O)c2cc(Br)c(Br)c(Br)c2)c(=O)n(-c2ccccc2)n1C. The van der Waals surface area contributed by atoms with E-state index in [1.807, 2.05) is 30.3 Å². The Morgan fingerprint density at radius 1 is 1.04 bits per heavy atom. The Morgan fingerprint density at radius 2 is 1.62 bits per heavy atom. The van der Waals surface area contributed by atoms with Gasteiger partial charge in [0.15, 0.2) is 0 Å². The summed E-state index contributed by atoms with van der Waals surface area (Å²) in [4.78, 5) is 25.5. The van der Waals surface area contributed by atoms with Crippen LogP contribution in [0.2, 0.25) is 0 Å². The highest BCUT2D eigenvalue weighted by molar-refractivity contribution is 9.14. The lowest BCUT2D eigenvalue weighted by atomic mass is 10.2. The van der Waals surface area contributed by atoms with E-state index in [1.165, 1.54) is 4.68 Å². The van der Waals surface area contributed by atoms with Crippen LogP contribution in [0.25, 0.3) is 5.69 Å². The number of anilines is 1. The van der Waals surface area contributed by atoms with E-state index >= 15 is 0 Å². The van der Waals surface area contributed by atoms with E-state index in [-0.39, 0.29) is 17.2 Å². The van der Waals surface area contributed by atoms with Gasteiger partial charge in [0.25, 0.3) is 11.5 Å². The summed E-state index contributed by atoms with van der Waals surface area (Å²) in [5.74, 6) is -0.357. The molecule has 1 amide bonds.